The lowest BCUT2D eigenvalue weighted by Gasteiger charge is -2.26. The molecule has 7 heteroatoms. The molecule has 0 spiro atoms. The standard InChI is InChI=1S/C13H19N3O2.2ClH/c1-9-2-3-11(15-8-9)16-13(17)12(14)10-4-6-18-7-5-10;;/h2-3,8,10,12H,4-7,14H2,1H3,(H,15,16,17);2*1H. The van der Waals surface area contributed by atoms with Crippen LogP contribution in [0, 0.1) is 12.8 Å². The molecule has 2 rings (SSSR count). The number of carbonyl (C=O) groups is 1. The zero-order valence-electron chi connectivity index (χ0n) is 11.4. The van der Waals surface area contributed by atoms with E-state index in [4.69, 9.17) is 10.5 Å². The van der Waals surface area contributed by atoms with Gasteiger partial charge in [-0.25, -0.2) is 4.98 Å². The predicted octanol–water partition coefficient (Wildman–Crippen LogP) is 1.93. The minimum atomic E-state index is -0.489. The first-order valence-electron chi connectivity index (χ1n) is 6.23. The number of pyridine rings is 1. The number of carbonyl (C=O) groups excluding carboxylic acids is 1. The summed E-state index contributed by atoms with van der Waals surface area (Å²) in [6.45, 7) is 3.33. The molecule has 3 N–H and O–H groups in total. The Balaban J connectivity index is 0.00000180. The van der Waals surface area contributed by atoms with E-state index >= 15 is 0 Å². The number of amides is 1. The highest BCUT2D eigenvalue weighted by atomic mass is 35.5. The van der Waals surface area contributed by atoms with Gasteiger partial charge in [0, 0.05) is 19.4 Å². The van der Waals surface area contributed by atoms with Gasteiger partial charge in [-0.1, -0.05) is 6.07 Å². The highest BCUT2D eigenvalue weighted by Crippen LogP contribution is 2.18. The molecule has 1 fully saturated rings. The SMILES string of the molecule is Cc1ccc(NC(=O)C(N)C2CCOCC2)nc1.Cl.Cl. The van der Waals surface area contributed by atoms with Crippen LogP contribution in [0.25, 0.3) is 0 Å². The van der Waals surface area contributed by atoms with Crippen LogP contribution in [0.5, 0.6) is 0 Å². The molecule has 1 aliphatic heterocycles. The van der Waals surface area contributed by atoms with E-state index in [1.54, 1.807) is 12.3 Å². The van der Waals surface area contributed by atoms with Gasteiger partial charge in [0.1, 0.15) is 5.82 Å². The van der Waals surface area contributed by atoms with Gasteiger partial charge in [-0.05, 0) is 37.3 Å². The van der Waals surface area contributed by atoms with Gasteiger partial charge < -0.3 is 15.8 Å². The highest BCUT2D eigenvalue weighted by molar-refractivity contribution is 5.94. The molecule has 20 heavy (non-hydrogen) atoms. The van der Waals surface area contributed by atoms with Crippen LogP contribution in [0.4, 0.5) is 5.82 Å². The Morgan fingerprint density at radius 3 is 2.60 bits per heavy atom. The van der Waals surface area contributed by atoms with Gasteiger partial charge in [0.2, 0.25) is 5.91 Å². The van der Waals surface area contributed by atoms with Gasteiger partial charge in [-0.2, -0.15) is 0 Å². The summed E-state index contributed by atoms with van der Waals surface area (Å²) >= 11 is 0. The highest BCUT2D eigenvalue weighted by Gasteiger charge is 2.26. The molecule has 0 bridgehead atoms. The Morgan fingerprint density at radius 2 is 2.05 bits per heavy atom. The maximum atomic E-state index is 12.0. The molecular formula is C13H21Cl2N3O2. The van der Waals surface area contributed by atoms with Crippen LogP contribution in [0.1, 0.15) is 18.4 Å². The molecule has 1 amide bonds. The largest absolute Gasteiger partial charge is 0.381 e. The lowest BCUT2D eigenvalue weighted by atomic mass is 9.92. The topological polar surface area (TPSA) is 77.2 Å². The number of hydrogen-bond donors (Lipinski definition) is 2. The first-order chi connectivity index (χ1) is 8.66. The van der Waals surface area contributed by atoms with Crippen molar-refractivity contribution < 1.29 is 9.53 Å². The summed E-state index contributed by atoms with van der Waals surface area (Å²) in [6, 6.07) is 3.20. The average molecular weight is 322 g/mol. The number of aromatic nitrogens is 1. The zero-order chi connectivity index (χ0) is 13.0. The molecule has 0 aliphatic carbocycles. The Kier molecular flexibility index (Phi) is 8.73. The quantitative estimate of drug-likeness (QED) is 0.891. The maximum absolute atomic E-state index is 12.0. The molecule has 1 aliphatic rings. The second-order valence-corrected chi connectivity index (χ2v) is 4.69. The van der Waals surface area contributed by atoms with Crippen LogP contribution >= 0.6 is 24.8 Å². The first kappa shape index (κ1) is 19.1. The van der Waals surface area contributed by atoms with Crippen molar-refractivity contribution in [1.29, 1.82) is 0 Å². The smallest absolute Gasteiger partial charge is 0.242 e. The van der Waals surface area contributed by atoms with E-state index in [0.717, 1.165) is 18.4 Å². The van der Waals surface area contributed by atoms with Gasteiger partial charge >= 0.3 is 0 Å². The summed E-state index contributed by atoms with van der Waals surface area (Å²) in [7, 11) is 0. The number of nitrogens with one attached hydrogen (secondary N) is 1. The van der Waals surface area contributed by atoms with Gasteiger partial charge in [-0.15, -0.1) is 24.8 Å². The van der Waals surface area contributed by atoms with E-state index in [2.05, 4.69) is 10.3 Å². The van der Waals surface area contributed by atoms with E-state index in [1.165, 1.54) is 0 Å². The van der Waals surface area contributed by atoms with E-state index in [9.17, 15) is 4.79 Å². The van der Waals surface area contributed by atoms with Gasteiger partial charge in [0.15, 0.2) is 0 Å². The molecule has 1 saturated heterocycles. The molecule has 5 nitrogen and oxygen atoms in total. The van der Waals surface area contributed by atoms with E-state index in [-0.39, 0.29) is 36.6 Å². The Hall–Kier alpha value is -0.880. The summed E-state index contributed by atoms with van der Waals surface area (Å²) in [6.07, 6.45) is 3.40. The fraction of sp³-hybridized carbons (Fsp3) is 0.538. The summed E-state index contributed by atoms with van der Waals surface area (Å²) < 4.78 is 5.26. The summed E-state index contributed by atoms with van der Waals surface area (Å²) in [5.74, 6) is 0.579. The molecule has 2 heterocycles. The van der Waals surface area contributed by atoms with Crippen molar-refractivity contribution in [2.75, 3.05) is 18.5 Å². The number of anilines is 1. The van der Waals surface area contributed by atoms with Crippen molar-refractivity contribution in [3.63, 3.8) is 0 Å². The first-order valence-corrected chi connectivity index (χ1v) is 6.23. The van der Waals surface area contributed by atoms with Crippen LogP contribution in [-0.2, 0) is 9.53 Å². The van der Waals surface area contributed by atoms with Crippen molar-refractivity contribution in [3.8, 4) is 0 Å². The maximum Gasteiger partial charge on any atom is 0.242 e. The molecule has 1 atom stereocenters. The molecule has 0 radical (unpaired) electrons. The number of hydrogen-bond acceptors (Lipinski definition) is 4. The van der Waals surface area contributed by atoms with Gasteiger partial charge in [0.05, 0.1) is 6.04 Å². The molecule has 1 aromatic rings. The van der Waals surface area contributed by atoms with Gasteiger partial charge in [0.25, 0.3) is 0 Å². The number of halogens is 2. The second kappa shape index (κ2) is 9.13. The van der Waals surface area contributed by atoms with E-state index in [0.29, 0.717) is 19.0 Å². The van der Waals surface area contributed by atoms with Crippen LogP contribution in [0.2, 0.25) is 0 Å². The molecule has 114 valence electrons. The minimum absolute atomic E-state index is 0. The van der Waals surface area contributed by atoms with Crippen LogP contribution < -0.4 is 11.1 Å². The van der Waals surface area contributed by atoms with Crippen LogP contribution in [-0.4, -0.2) is 30.1 Å². The number of rotatable bonds is 3. The summed E-state index contributed by atoms with van der Waals surface area (Å²) in [5.41, 5.74) is 7.03. The molecule has 0 saturated carbocycles. The third-order valence-corrected chi connectivity index (χ3v) is 3.24. The average Bonchev–Trinajstić information content (AvgIpc) is 2.41. The van der Waals surface area contributed by atoms with Crippen molar-refractivity contribution in [2.24, 2.45) is 11.7 Å². The van der Waals surface area contributed by atoms with Crippen molar-refractivity contribution in [2.45, 2.75) is 25.8 Å². The minimum Gasteiger partial charge on any atom is -0.381 e. The number of aryl methyl sites for hydroxylation is 1. The zero-order valence-corrected chi connectivity index (χ0v) is 13.0. The summed E-state index contributed by atoms with van der Waals surface area (Å²) in [5, 5.41) is 2.75. The number of nitrogens with zero attached hydrogens (tertiary/aromatic N) is 1. The Labute approximate surface area is 131 Å². The molecule has 1 aromatic heterocycles. The monoisotopic (exact) mass is 321 g/mol. The lowest BCUT2D eigenvalue weighted by Crippen LogP contribution is -2.44. The lowest BCUT2D eigenvalue weighted by molar-refractivity contribution is -0.119. The van der Waals surface area contributed by atoms with Crippen LogP contribution in [0.15, 0.2) is 18.3 Å². The normalized spacial score (nSPS) is 16.5. The number of ether oxygens (including phenoxy) is 1. The van der Waals surface area contributed by atoms with Crippen molar-refractivity contribution in [3.05, 3.63) is 23.9 Å². The molecular weight excluding hydrogens is 301 g/mol. The van der Waals surface area contributed by atoms with E-state index in [1.807, 2.05) is 13.0 Å². The third kappa shape index (κ3) is 5.25. The van der Waals surface area contributed by atoms with E-state index < -0.39 is 6.04 Å². The molecule has 0 aromatic carbocycles. The van der Waals surface area contributed by atoms with Crippen molar-refractivity contribution in [1.82, 2.24) is 4.98 Å². The second-order valence-electron chi connectivity index (χ2n) is 4.69. The van der Waals surface area contributed by atoms with Gasteiger partial charge in [-0.3, -0.25) is 4.79 Å². The predicted molar refractivity (Wildman–Crippen MR) is 83.6 cm³/mol. The fourth-order valence-electron chi connectivity index (χ4n) is 2.04. The Bertz CT molecular complexity index is 409. The van der Waals surface area contributed by atoms with Crippen LogP contribution in [0.3, 0.4) is 0 Å². The molecule has 1 unspecified atom stereocenters. The van der Waals surface area contributed by atoms with Crippen molar-refractivity contribution >= 4 is 36.5 Å². The number of nitrogens with two attached hydrogens (primary N) is 1. The third-order valence-electron chi connectivity index (χ3n) is 3.24. The Morgan fingerprint density at radius 1 is 1.40 bits per heavy atom. The summed E-state index contributed by atoms with van der Waals surface area (Å²) in [4.78, 5) is 16.1. The fourth-order valence-corrected chi connectivity index (χ4v) is 2.04.